The Hall–Kier alpha value is -2.66. The molecule has 8 heteroatoms. The van der Waals surface area contributed by atoms with Gasteiger partial charge in [0.25, 0.3) is 0 Å². The highest BCUT2D eigenvalue weighted by molar-refractivity contribution is 5.97. The average molecular weight is 454 g/mol. The van der Waals surface area contributed by atoms with E-state index in [0.717, 1.165) is 35.5 Å². The molecule has 0 radical (unpaired) electrons. The number of rotatable bonds is 5. The smallest absolute Gasteiger partial charge is 0.232 e. The molecule has 1 unspecified atom stereocenters. The highest BCUT2D eigenvalue weighted by Gasteiger charge is 2.39. The van der Waals surface area contributed by atoms with Crippen LogP contribution in [0.4, 0.5) is 5.82 Å². The van der Waals surface area contributed by atoms with Crippen LogP contribution < -0.4 is 10.2 Å². The zero-order valence-corrected chi connectivity index (χ0v) is 20.4. The molecular formula is C25H35N5O3. The molecule has 2 aliphatic heterocycles. The zero-order valence-electron chi connectivity index (χ0n) is 20.4. The van der Waals surface area contributed by atoms with Crippen LogP contribution in [-0.2, 0) is 27.4 Å². The fraction of sp³-hybridized carbons (Fsp3) is 0.680. The maximum atomic E-state index is 12.8. The predicted octanol–water partition coefficient (Wildman–Crippen LogP) is 2.49. The van der Waals surface area contributed by atoms with Crippen molar-refractivity contribution >= 4 is 17.6 Å². The molecule has 4 rings (SSSR count). The van der Waals surface area contributed by atoms with E-state index >= 15 is 0 Å². The standard InChI is InChI=1S/C25H35N5O3/c1-15(2)20-13-29(8-9-30(20)22(32)10-21(31)27-5)24-18(12-26)17-11-25(3,4)33-14-19(17)23(28-24)16-6-7-16/h15-16,20H,6-11,13-14H2,1-5H3,(H,27,31). The fourth-order valence-electron chi connectivity index (χ4n) is 5.03. The van der Waals surface area contributed by atoms with Gasteiger partial charge in [0.1, 0.15) is 18.3 Å². The SMILES string of the molecule is CNC(=O)CC(=O)N1CCN(c2nc(C3CC3)c3c(c2C#N)CC(C)(C)OC3)CC1C(C)C. The summed E-state index contributed by atoms with van der Waals surface area (Å²) in [5.41, 5.74) is 3.62. The van der Waals surface area contributed by atoms with Crippen LogP contribution in [0.1, 0.15) is 75.3 Å². The summed E-state index contributed by atoms with van der Waals surface area (Å²) < 4.78 is 6.09. The molecule has 1 atom stereocenters. The van der Waals surface area contributed by atoms with Crippen molar-refractivity contribution in [2.75, 3.05) is 31.6 Å². The molecule has 1 aromatic rings. The second kappa shape index (κ2) is 8.94. The van der Waals surface area contributed by atoms with Crippen molar-refractivity contribution in [2.24, 2.45) is 5.92 Å². The third kappa shape index (κ3) is 4.70. The monoisotopic (exact) mass is 453 g/mol. The summed E-state index contributed by atoms with van der Waals surface area (Å²) in [5, 5.41) is 12.7. The number of ether oxygens (including phenoxy) is 1. The topological polar surface area (TPSA) is 98.6 Å². The highest BCUT2D eigenvalue weighted by atomic mass is 16.5. The Kier molecular flexibility index (Phi) is 6.37. The number of carbonyl (C=O) groups is 2. The molecule has 3 heterocycles. The Morgan fingerprint density at radius 1 is 1.27 bits per heavy atom. The maximum absolute atomic E-state index is 12.8. The molecule has 1 aromatic heterocycles. The lowest BCUT2D eigenvalue weighted by molar-refractivity contribution is -0.138. The Bertz CT molecular complexity index is 993. The molecule has 1 saturated carbocycles. The van der Waals surface area contributed by atoms with Gasteiger partial charge in [0, 0.05) is 44.6 Å². The van der Waals surface area contributed by atoms with Gasteiger partial charge in [-0.15, -0.1) is 0 Å². The number of pyridine rings is 1. The molecule has 1 aliphatic carbocycles. The van der Waals surface area contributed by atoms with Crippen LogP contribution in [0.5, 0.6) is 0 Å². The summed E-state index contributed by atoms with van der Waals surface area (Å²) in [6.07, 6.45) is 2.81. The molecule has 33 heavy (non-hydrogen) atoms. The molecule has 0 spiro atoms. The van der Waals surface area contributed by atoms with Crippen LogP contribution in [0.3, 0.4) is 0 Å². The predicted molar refractivity (Wildman–Crippen MR) is 125 cm³/mol. The number of aromatic nitrogens is 1. The molecule has 178 valence electrons. The summed E-state index contributed by atoms with van der Waals surface area (Å²) in [7, 11) is 1.54. The van der Waals surface area contributed by atoms with Crippen LogP contribution in [0.15, 0.2) is 0 Å². The van der Waals surface area contributed by atoms with E-state index in [1.165, 1.54) is 0 Å². The minimum Gasteiger partial charge on any atom is -0.370 e. The first-order valence-electron chi connectivity index (χ1n) is 12.0. The van der Waals surface area contributed by atoms with E-state index in [1.807, 2.05) is 4.90 Å². The van der Waals surface area contributed by atoms with E-state index in [1.54, 1.807) is 7.05 Å². The quantitative estimate of drug-likeness (QED) is 0.688. The average Bonchev–Trinajstić information content (AvgIpc) is 3.62. The van der Waals surface area contributed by atoms with Crippen molar-refractivity contribution in [3.63, 3.8) is 0 Å². The van der Waals surface area contributed by atoms with Crippen molar-refractivity contribution in [1.29, 1.82) is 5.26 Å². The molecular weight excluding hydrogens is 418 g/mol. The zero-order chi connectivity index (χ0) is 23.9. The van der Waals surface area contributed by atoms with Crippen LogP contribution in [0, 0.1) is 17.2 Å². The summed E-state index contributed by atoms with van der Waals surface area (Å²) in [4.78, 5) is 33.7. The third-order valence-electron chi connectivity index (χ3n) is 7.11. The number of anilines is 1. The van der Waals surface area contributed by atoms with Crippen molar-refractivity contribution in [3.05, 3.63) is 22.4 Å². The number of hydrogen-bond donors (Lipinski definition) is 1. The first kappa shape index (κ1) is 23.5. The van der Waals surface area contributed by atoms with Gasteiger partial charge in [-0.3, -0.25) is 9.59 Å². The van der Waals surface area contributed by atoms with Crippen molar-refractivity contribution in [2.45, 2.75) is 77.5 Å². The third-order valence-corrected chi connectivity index (χ3v) is 7.11. The molecule has 3 aliphatic rings. The normalized spacial score (nSPS) is 22.0. The van der Waals surface area contributed by atoms with Crippen LogP contribution >= 0.6 is 0 Å². The van der Waals surface area contributed by atoms with Gasteiger partial charge >= 0.3 is 0 Å². The van der Waals surface area contributed by atoms with Crippen molar-refractivity contribution < 1.29 is 14.3 Å². The Balaban J connectivity index is 1.68. The lowest BCUT2D eigenvalue weighted by atomic mass is 9.87. The first-order chi connectivity index (χ1) is 15.6. The van der Waals surface area contributed by atoms with Gasteiger partial charge < -0.3 is 19.9 Å². The number of nitrogens with one attached hydrogen (secondary N) is 1. The van der Waals surface area contributed by atoms with Gasteiger partial charge in [0.2, 0.25) is 11.8 Å². The number of nitrogens with zero attached hydrogens (tertiary/aromatic N) is 4. The summed E-state index contributed by atoms with van der Waals surface area (Å²) in [5.74, 6) is 0.988. The molecule has 0 aromatic carbocycles. The van der Waals surface area contributed by atoms with E-state index < -0.39 is 0 Å². The number of amides is 2. The van der Waals surface area contributed by atoms with Crippen LogP contribution in [0.25, 0.3) is 0 Å². The fourth-order valence-corrected chi connectivity index (χ4v) is 5.03. The van der Waals surface area contributed by atoms with Gasteiger partial charge in [0.05, 0.1) is 29.5 Å². The van der Waals surface area contributed by atoms with Crippen LogP contribution in [0.2, 0.25) is 0 Å². The van der Waals surface area contributed by atoms with Gasteiger partial charge in [0.15, 0.2) is 0 Å². The Morgan fingerprint density at radius 3 is 2.61 bits per heavy atom. The molecule has 1 saturated heterocycles. The van der Waals surface area contributed by atoms with Gasteiger partial charge in [-0.2, -0.15) is 5.26 Å². The number of piperazine rings is 1. The minimum absolute atomic E-state index is 0.0515. The van der Waals surface area contributed by atoms with Gasteiger partial charge in [-0.1, -0.05) is 13.8 Å². The highest BCUT2D eigenvalue weighted by Crippen LogP contribution is 2.46. The Morgan fingerprint density at radius 2 is 2.00 bits per heavy atom. The second-order valence-corrected chi connectivity index (χ2v) is 10.5. The van der Waals surface area contributed by atoms with E-state index in [-0.39, 0.29) is 35.8 Å². The van der Waals surface area contributed by atoms with Crippen molar-refractivity contribution in [3.8, 4) is 6.07 Å². The van der Waals surface area contributed by atoms with Crippen molar-refractivity contribution in [1.82, 2.24) is 15.2 Å². The van der Waals surface area contributed by atoms with E-state index in [0.29, 0.717) is 44.1 Å². The van der Waals surface area contributed by atoms with E-state index in [4.69, 9.17) is 9.72 Å². The molecule has 1 N–H and O–H groups in total. The largest absolute Gasteiger partial charge is 0.370 e. The molecule has 8 nitrogen and oxygen atoms in total. The summed E-state index contributed by atoms with van der Waals surface area (Å²) >= 11 is 0. The van der Waals surface area contributed by atoms with E-state index in [9.17, 15) is 14.9 Å². The lowest BCUT2D eigenvalue weighted by Crippen LogP contribution is -2.58. The number of carbonyl (C=O) groups excluding carboxylic acids is 2. The second-order valence-electron chi connectivity index (χ2n) is 10.5. The maximum Gasteiger partial charge on any atom is 0.232 e. The number of nitriles is 1. The van der Waals surface area contributed by atoms with Gasteiger partial charge in [-0.05, 0) is 38.2 Å². The molecule has 2 fully saturated rings. The van der Waals surface area contributed by atoms with Crippen LogP contribution in [-0.4, -0.2) is 60.0 Å². The number of fused-ring (bicyclic) bond motifs is 1. The summed E-state index contributed by atoms with van der Waals surface area (Å²) in [6, 6.07) is 2.41. The Labute approximate surface area is 196 Å². The first-order valence-corrected chi connectivity index (χ1v) is 12.0. The molecule has 0 bridgehead atoms. The van der Waals surface area contributed by atoms with E-state index in [2.05, 4.69) is 44.0 Å². The van der Waals surface area contributed by atoms with Gasteiger partial charge in [-0.25, -0.2) is 4.98 Å². The summed E-state index contributed by atoms with van der Waals surface area (Å²) in [6.45, 7) is 10.5. The molecule has 2 amide bonds. The minimum atomic E-state index is -0.316. The lowest BCUT2D eigenvalue weighted by Gasteiger charge is -2.44. The number of hydrogen-bond acceptors (Lipinski definition) is 6.